The Labute approximate surface area is 110 Å². The lowest BCUT2D eigenvalue weighted by molar-refractivity contribution is -0.185. The van der Waals surface area contributed by atoms with Gasteiger partial charge < -0.3 is 15.3 Å². The van der Waals surface area contributed by atoms with Crippen LogP contribution in [-0.2, 0) is 0 Å². The molecule has 18 heavy (non-hydrogen) atoms. The molecule has 3 N–H and O–H groups in total. The van der Waals surface area contributed by atoms with Crippen molar-refractivity contribution in [3.05, 3.63) is 11.6 Å². The highest BCUT2D eigenvalue weighted by atomic mass is 16.4. The molecule has 2 aliphatic carbocycles. The number of allylic oxidation sites excluding steroid dienone is 1. The van der Waals surface area contributed by atoms with Crippen molar-refractivity contribution in [3.63, 3.8) is 0 Å². The Balaban J connectivity index is 2.33. The van der Waals surface area contributed by atoms with Crippen LogP contribution in [0, 0.1) is 11.3 Å². The minimum Gasteiger partial charge on any atom is -0.392 e. The maximum Gasteiger partial charge on any atom is 0.0934 e. The summed E-state index contributed by atoms with van der Waals surface area (Å²) >= 11 is 0. The molecule has 0 unspecified atom stereocenters. The third-order valence-corrected chi connectivity index (χ3v) is 5.53. The van der Waals surface area contributed by atoms with Gasteiger partial charge in [0.2, 0.25) is 0 Å². The van der Waals surface area contributed by atoms with Crippen LogP contribution in [0.15, 0.2) is 11.6 Å². The van der Waals surface area contributed by atoms with Gasteiger partial charge in [-0.3, -0.25) is 0 Å². The molecule has 0 aliphatic heterocycles. The van der Waals surface area contributed by atoms with E-state index in [2.05, 4.69) is 19.9 Å². The zero-order chi connectivity index (χ0) is 13.8. The average Bonchev–Trinajstić information content (AvgIpc) is 2.26. The lowest BCUT2D eigenvalue weighted by Crippen LogP contribution is -2.59. The van der Waals surface area contributed by atoms with Crippen molar-refractivity contribution in [2.75, 3.05) is 0 Å². The van der Waals surface area contributed by atoms with E-state index in [1.165, 1.54) is 5.57 Å². The standard InChI is InChI=1S/C15H26O3/c1-10-5-6-12(16)14(4)7-8-15(18,9-11(10)14)13(2,3)17/h5,11-12,16-18H,6-9H2,1-4H3/t11-,12+,14+,15-/m0/s1. The second-order valence-electron chi connectivity index (χ2n) is 7.05. The molecule has 0 aromatic carbocycles. The van der Waals surface area contributed by atoms with Gasteiger partial charge in [-0.2, -0.15) is 0 Å². The van der Waals surface area contributed by atoms with E-state index in [9.17, 15) is 15.3 Å². The third kappa shape index (κ3) is 1.93. The lowest BCUT2D eigenvalue weighted by atomic mass is 9.54. The molecule has 2 rings (SSSR count). The molecule has 0 aromatic heterocycles. The van der Waals surface area contributed by atoms with Crippen LogP contribution in [0.2, 0.25) is 0 Å². The Morgan fingerprint density at radius 3 is 2.50 bits per heavy atom. The summed E-state index contributed by atoms with van der Waals surface area (Å²) in [6.45, 7) is 7.54. The van der Waals surface area contributed by atoms with E-state index >= 15 is 0 Å². The van der Waals surface area contributed by atoms with Crippen LogP contribution < -0.4 is 0 Å². The Kier molecular flexibility index (Phi) is 3.16. The highest BCUT2D eigenvalue weighted by molar-refractivity contribution is 5.20. The normalized spacial score (nSPS) is 45.4. The molecule has 3 heteroatoms. The Morgan fingerprint density at radius 2 is 1.94 bits per heavy atom. The van der Waals surface area contributed by atoms with Crippen LogP contribution in [0.5, 0.6) is 0 Å². The number of fused-ring (bicyclic) bond motifs is 1. The van der Waals surface area contributed by atoms with Gasteiger partial charge in [0.15, 0.2) is 0 Å². The molecule has 0 aromatic rings. The number of aliphatic hydroxyl groups excluding tert-OH is 1. The minimum absolute atomic E-state index is 0.156. The first kappa shape index (κ1) is 14.0. The molecule has 0 bridgehead atoms. The van der Waals surface area contributed by atoms with Gasteiger partial charge in [-0.05, 0) is 52.4 Å². The Morgan fingerprint density at radius 1 is 1.33 bits per heavy atom. The van der Waals surface area contributed by atoms with Gasteiger partial charge in [0.25, 0.3) is 0 Å². The maximum atomic E-state index is 10.7. The van der Waals surface area contributed by atoms with Crippen molar-refractivity contribution in [1.82, 2.24) is 0 Å². The predicted octanol–water partition coefficient (Wildman–Crippen LogP) is 2.01. The summed E-state index contributed by atoms with van der Waals surface area (Å²) in [5.74, 6) is 0.159. The summed E-state index contributed by atoms with van der Waals surface area (Å²) in [5.41, 5.74) is -1.07. The summed E-state index contributed by atoms with van der Waals surface area (Å²) in [6, 6.07) is 0. The molecule has 0 heterocycles. The minimum atomic E-state index is -1.10. The average molecular weight is 254 g/mol. The van der Waals surface area contributed by atoms with Crippen LogP contribution in [0.3, 0.4) is 0 Å². The molecule has 1 fully saturated rings. The molecular weight excluding hydrogens is 228 g/mol. The quantitative estimate of drug-likeness (QED) is 0.627. The van der Waals surface area contributed by atoms with Crippen LogP contribution >= 0.6 is 0 Å². The summed E-state index contributed by atoms with van der Waals surface area (Å²) in [6.07, 6.45) is 4.29. The Hall–Kier alpha value is -0.380. The van der Waals surface area contributed by atoms with Crippen molar-refractivity contribution >= 4 is 0 Å². The fourth-order valence-corrected chi connectivity index (χ4v) is 3.67. The van der Waals surface area contributed by atoms with E-state index in [0.717, 1.165) is 6.42 Å². The monoisotopic (exact) mass is 254 g/mol. The summed E-state index contributed by atoms with van der Waals surface area (Å²) in [4.78, 5) is 0. The highest BCUT2D eigenvalue weighted by Crippen LogP contribution is 2.55. The van der Waals surface area contributed by atoms with Gasteiger partial charge in [-0.1, -0.05) is 18.6 Å². The van der Waals surface area contributed by atoms with E-state index in [1.54, 1.807) is 13.8 Å². The van der Waals surface area contributed by atoms with Crippen LogP contribution in [0.25, 0.3) is 0 Å². The summed E-state index contributed by atoms with van der Waals surface area (Å²) < 4.78 is 0. The maximum absolute atomic E-state index is 10.7. The molecule has 0 radical (unpaired) electrons. The number of hydrogen-bond donors (Lipinski definition) is 3. The first-order chi connectivity index (χ1) is 8.10. The molecule has 104 valence electrons. The second-order valence-corrected chi connectivity index (χ2v) is 7.05. The van der Waals surface area contributed by atoms with E-state index in [0.29, 0.717) is 19.3 Å². The van der Waals surface area contributed by atoms with Gasteiger partial charge in [-0.25, -0.2) is 0 Å². The van der Waals surface area contributed by atoms with Crippen molar-refractivity contribution in [2.24, 2.45) is 11.3 Å². The van der Waals surface area contributed by atoms with Gasteiger partial charge in [0, 0.05) is 5.41 Å². The van der Waals surface area contributed by atoms with Gasteiger partial charge in [0.1, 0.15) is 0 Å². The smallest absolute Gasteiger partial charge is 0.0934 e. The largest absolute Gasteiger partial charge is 0.392 e. The van der Waals surface area contributed by atoms with Gasteiger partial charge in [0.05, 0.1) is 17.3 Å². The highest BCUT2D eigenvalue weighted by Gasteiger charge is 2.55. The molecular formula is C15H26O3. The first-order valence-corrected chi connectivity index (χ1v) is 6.90. The van der Waals surface area contributed by atoms with Crippen LogP contribution in [-0.4, -0.2) is 32.6 Å². The number of rotatable bonds is 1. The van der Waals surface area contributed by atoms with Crippen LogP contribution in [0.4, 0.5) is 0 Å². The fraction of sp³-hybridized carbons (Fsp3) is 0.867. The second kappa shape index (κ2) is 4.06. The van der Waals surface area contributed by atoms with E-state index in [-0.39, 0.29) is 17.4 Å². The molecule has 3 nitrogen and oxygen atoms in total. The number of aliphatic hydroxyl groups is 3. The van der Waals surface area contributed by atoms with Crippen molar-refractivity contribution in [3.8, 4) is 0 Å². The van der Waals surface area contributed by atoms with Crippen molar-refractivity contribution in [2.45, 2.75) is 70.7 Å². The number of hydrogen-bond acceptors (Lipinski definition) is 3. The fourth-order valence-electron chi connectivity index (χ4n) is 3.67. The lowest BCUT2D eigenvalue weighted by Gasteiger charge is -2.55. The molecule has 0 amide bonds. The zero-order valence-corrected chi connectivity index (χ0v) is 11.9. The molecule has 2 aliphatic rings. The Bertz CT molecular complexity index is 368. The van der Waals surface area contributed by atoms with Crippen molar-refractivity contribution in [1.29, 1.82) is 0 Å². The van der Waals surface area contributed by atoms with E-state index in [1.807, 2.05) is 0 Å². The van der Waals surface area contributed by atoms with E-state index in [4.69, 9.17) is 0 Å². The molecule has 0 spiro atoms. The zero-order valence-electron chi connectivity index (χ0n) is 11.9. The van der Waals surface area contributed by atoms with E-state index < -0.39 is 11.2 Å². The molecule has 4 atom stereocenters. The van der Waals surface area contributed by atoms with Crippen LogP contribution in [0.1, 0.15) is 53.4 Å². The first-order valence-electron chi connectivity index (χ1n) is 6.90. The molecule has 0 saturated heterocycles. The molecule has 1 saturated carbocycles. The van der Waals surface area contributed by atoms with Gasteiger partial charge >= 0.3 is 0 Å². The summed E-state index contributed by atoms with van der Waals surface area (Å²) in [5, 5.41) is 31.2. The predicted molar refractivity (Wildman–Crippen MR) is 71.1 cm³/mol. The third-order valence-electron chi connectivity index (χ3n) is 5.53. The SMILES string of the molecule is CC1=CC[C@@H](O)[C@]2(C)CC[C@@](O)(C(C)(C)O)C[C@@H]12. The van der Waals surface area contributed by atoms with Crippen molar-refractivity contribution < 1.29 is 15.3 Å². The topological polar surface area (TPSA) is 60.7 Å². The summed E-state index contributed by atoms with van der Waals surface area (Å²) in [7, 11) is 0. The van der Waals surface area contributed by atoms with Gasteiger partial charge in [-0.15, -0.1) is 0 Å².